The average Bonchev–Trinajstić information content (AvgIpc) is 3.19. The maximum absolute atomic E-state index is 14.0. The Kier molecular flexibility index (Phi) is 8.98. The van der Waals surface area contributed by atoms with E-state index in [9.17, 15) is 14.7 Å². The molecule has 11 heteroatoms. The van der Waals surface area contributed by atoms with Crippen molar-refractivity contribution in [3.8, 4) is 0 Å². The van der Waals surface area contributed by atoms with Gasteiger partial charge >= 0.3 is 6.09 Å². The van der Waals surface area contributed by atoms with Gasteiger partial charge in [0.15, 0.2) is 0 Å². The van der Waals surface area contributed by atoms with Gasteiger partial charge in [0, 0.05) is 56.4 Å². The highest BCUT2D eigenvalue weighted by molar-refractivity contribution is 6.30. The molecule has 1 aliphatic heterocycles. The van der Waals surface area contributed by atoms with Crippen LogP contribution in [0.5, 0.6) is 0 Å². The van der Waals surface area contributed by atoms with Crippen LogP contribution < -0.4 is 10.6 Å². The monoisotopic (exact) mass is 558 g/mol. The maximum Gasteiger partial charge on any atom is 0.410 e. The highest BCUT2D eigenvalue weighted by Gasteiger charge is 2.36. The molecule has 2 heterocycles. The van der Waals surface area contributed by atoms with Gasteiger partial charge in [-0.05, 0) is 50.8 Å². The predicted octanol–water partition coefficient (Wildman–Crippen LogP) is 3.30. The third-order valence-corrected chi connectivity index (χ3v) is 7.45. The number of rotatable bonds is 7. The molecule has 2 amide bonds. The van der Waals surface area contributed by atoms with E-state index in [1.54, 1.807) is 32.9 Å². The molecule has 3 atom stereocenters. The van der Waals surface area contributed by atoms with Crippen molar-refractivity contribution < 1.29 is 19.4 Å². The molecule has 1 fully saturated rings. The summed E-state index contributed by atoms with van der Waals surface area (Å²) in [5.41, 5.74) is 7.62. The summed E-state index contributed by atoms with van der Waals surface area (Å²) in [6, 6.07) is 7.16. The molecular formula is C28H39ClN6O4. The molecule has 1 aliphatic carbocycles. The van der Waals surface area contributed by atoms with E-state index in [1.807, 2.05) is 17.0 Å². The Hall–Kier alpha value is -2.95. The van der Waals surface area contributed by atoms with Gasteiger partial charge in [0.1, 0.15) is 17.7 Å². The quantitative estimate of drug-likeness (QED) is 0.530. The lowest BCUT2D eigenvalue weighted by molar-refractivity contribution is -0.133. The van der Waals surface area contributed by atoms with Crippen molar-refractivity contribution in [3.63, 3.8) is 0 Å². The number of carbonyl (C=O) groups is 2. The molecule has 10 nitrogen and oxygen atoms in total. The highest BCUT2D eigenvalue weighted by Crippen LogP contribution is 2.42. The normalized spacial score (nSPS) is 20.0. The number of piperazine rings is 1. The van der Waals surface area contributed by atoms with E-state index in [2.05, 4.69) is 21.8 Å². The number of hydrogen-bond acceptors (Lipinski definition) is 8. The number of ether oxygens (including phenoxy) is 1. The minimum absolute atomic E-state index is 0.0701. The zero-order valence-corrected chi connectivity index (χ0v) is 23.9. The van der Waals surface area contributed by atoms with Crippen LogP contribution in [-0.4, -0.2) is 88.3 Å². The van der Waals surface area contributed by atoms with E-state index in [1.165, 1.54) is 11.2 Å². The number of nitrogens with zero attached hydrogens (tertiary/aromatic N) is 5. The number of amides is 2. The van der Waals surface area contributed by atoms with Crippen LogP contribution >= 0.6 is 11.6 Å². The van der Waals surface area contributed by atoms with Crippen LogP contribution in [0.15, 0.2) is 30.6 Å². The Bertz CT molecular complexity index is 1160. The van der Waals surface area contributed by atoms with E-state index in [4.69, 9.17) is 22.1 Å². The van der Waals surface area contributed by atoms with Gasteiger partial charge in [0.05, 0.1) is 17.7 Å². The standard InChI is InChI=1S/C28H39ClN6O4/c1-18-15-22(36)24-23(18)25(32-17-31-24)33-11-13-34(14-12-33)26(37)21(19-5-7-20(29)8-6-19)16-35(10-9-30)27(38)39-28(2,3)4/h5-8,17-18,21-22,36H,9-16,30H2,1-4H3/t18-,21-,22-/m1/s1. The number of aliphatic hydroxyl groups excluding tert-OH is 1. The smallest absolute Gasteiger partial charge is 0.410 e. The van der Waals surface area contributed by atoms with Gasteiger partial charge in [-0.3, -0.25) is 4.79 Å². The topological polar surface area (TPSA) is 125 Å². The second kappa shape index (κ2) is 12.1. The van der Waals surface area contributed by atoms with Crippen LogP contribution in [0.2, 0.25) is 5.02 Å². The Balaban J connectivity index is 1.52. The number of fused-ring (bicyclic) bond motifs is 1. The van der Waals surface area contributed by atoms with Crippen molar-refractivity contribution in [1.82, 2.24) is 19.8 Å². The second-order valence-electron chi connectivity index (χ2n) is 11.3. The lowest BCUT2D eigenvalue weighted by atomic mass is 9.96. The van der Waals surface area contributed by atoms with E-state index < -0.39 is 23.7 Å². The van der Waals surface area contributed by atoms with Crippen LogP contribution in [0.3, 0.4) is 0 Å². The molecule has 0 saturated carbocycles. The molecule has 0 bridgehead atoms. The number of anilines is 1. The van der Waals surface area contributed by atoms with Crippen molar-refractivity contribution in [2.75, 3.05) is 50.7 Å². The summed E-state index contributed by atoms with van der Waals surface area (Å²) in [5, 5.41) is 10.9. The van der Waals surface area contributed by atoms with Crippen molar-refractivity contribution in [1.29, 1.82) is 0 Å². The first-order valence-electron chi connectivity index (χ1n) is 13.5. The Morgan fingerprint density at radius 2 is 1.85 bits per heavy atom. The SMILES string of the molecule is C[C@@H]1C[C@@H](O)c2ncnc(N3CCN(C(=O)[C@H](CN(CCN)C(=O)OC(C)(C)C)c4ccc(Cl)cc4)CC3)c21. The van der Waals surface area contributed by atoms with Crippen molar-refractivity contribution in [3.05, 3.63) is 52.4 Å². The van der Waals surface area contributed by atoms with Gasteiger partial charge in [0.2, 0.25) is 5.91 Å². The number of aliphatic hydroxyl groups is 1. The summed E-state index contributed by atoms with van der Waals surface area (Å²) in [7, 11) is 0. The van der Waals surface area contributed by atoms with Crippen LogP contribution in [0.1, 0.15) is 68.9 Å². The lowest BCUT2D eigenvalue weighted by Crippen LogP contribution is -2.52. The highest BCUT2D eigenvalue weighted by atomic mass is 35.5. The molecule has 0 spiro atoms. The fourth-order valence-corrected chi connectivity index (χ4v) is 5.42. The van der Waals surface area contributed by atoms with E-state index in [0.29, 0.717) is 43.3 Å². The second-order valence-corrected chi connectivity index (χ2v) is 11.7. The molecule has 2 aliphatic rings. The molecule has 1 aromatic carbocycles. The molecule has 1 saturated heterocycles. The summed E-state index contributed by atoms with van der Waals surface area (Å²) in [4.78, 5) is 41.3. The summed E-state index contributed by atoms with van der Waals surface area (Å²) < 4.78 is 5.60. The van der Waals surface area contributed by atoms with Gasteiger partial charge in [-0.1, -0.05) is 30.7 Å². The van der Waals surface area contributed by atoms with Gasteiger partial charge in [0.25, 0.3) is 0 Å². The summed E-state index contributed by atoms with van der Waals surface area (Å²) in [6.45, 7) is 10.4. The molecule has 39 heavy (non-hydrogen) atoms. The Morgan fingerprint density at radius 1 is 1.18 bits per heavy atom. The minimum atomic E-state index is -0.672. The molecule has 3 N–H and O–H groups in total. The number of hydrogen-bond donors (Lipinski definition) is 2. The first-order valence-corrected chi connectivity index (χ1v) is 13.9. The largest absolute Gasteiger partial charge is 0.444 e. The maximum atomic E-state index is 14.0. The average molecular weight is 559 g/mol. The number of aromatic nitrogens is 2. The molecule has 2 aromatic rings. The lowest BCUT2D eigenvalue weighted by Gasteiger charge is -2.38. The van der Waals surface area contributed by atoms with E-state index in [-0.39, 0.29) is 31.5 Å². The van der Waals surface area contributed by atoms with Crippen molar-refractivity contribution in [2.24, 2.45) is 5.73 Å². The van der Waals surface area contributed by atoms with Crippen LogP contribution in [0.25, 0.3) is 0 Å². The molecular weight excluding hydrogens is 520 g/mol. The molecule has 0 radical (unpaired) electrons. The summed E-state index contributed by atoms with van der Waals surface area (Å²) in [6.07, 6.45) is 1.07. The van der Waals surface area contributed by atoms with Crippen LogP contribution in [0.4, 0.5) is 10.6 Å². The number of nitrogens with two attached hydrogens (primary N) is 1. The van der Waals surface area contributed by atoms with E-state index >= 15 is 0 Å². The first kappa shape index (κ1) is 29.0. The summed E-state index contributed by atoms with van der Waals surface area (Å²) >= 11 is 6.13. The van der Waals surface area contributed by atoms with Crippen molar-refractivity contribution >= 4 is 29.4 Å². The zero-order valence-electron chi connectivity index (χ0n) is 23.1. The Morgan fingerprint density at radius 3 is 2.46 bits per heavy atom. The molecule has 0 unspecified atom stereocenters. The number of halogens is 1. The summed E-state index contributed by atoms with van der Waals surface area (Å²) in [5.74, 6) is 0.330. The third-order valence-electron chi connectivity index (χ3n) is 7.19. The Labute approximate surface area is 235 Å². The van der Waals surface area contributed by atoms with Gasteiger partial charge in [-0.15, -0.1) is 0 Å². The minimum Gasteiger partial charge on any atom is -0.444 e. The number of benzene rings is 1. The number of carbonyl (C=O) groups excluding carboxylic acids is 2. The third kappa shape index (κ3) is 6.80. The zero-order chi connectivity index (χ0) is 28.3. The molecule has 212 valence electrons. The predicted molar refractivity (Wildman–Crippen MR) is 150 cm³/mol. The van der Waals surface area contributed by atoms with Gasteiger partial charge in [-0.2, -0.15) is 0 Å². The van der Waals surface area contributed by atoms with Crippen LogP contribution in [0, 0.1) is 0 Å². The van der Waals surface area contributed by atoms with E-state index in [0.717, 1.165) is 16.9 Å². The fourth-order valence-electron chi connectivity index (χ4n) is 5.29. The van der Waals surface area contributed by atoms with Crippen molar-refractivity contribution in [2.45, 2.75) is 57.7 Å². The fraction of sp³-hybridized carbons (Fsp3) is 0.571. The first-order chi connectivity index (χ1) is 18.5. The van der Waals surface area contributed by atoms with Crippen LogP contribution in [-0.2, 0) is 9.53 Å². The molecule has 4 rings (SSSR count). The molecule has 1 aromatic heterocycles. The van der Waals surface area contributed by atoms with Gasteiger partial charge in [-0.25, -0.2) is 14.8 Å². The van der Waals surface area contributed by atoms with Gasteiger partial charge < -0.3 is 30.3 Å².